The maximum absolute atomic E-state index is 14.0. The maximum Gasteiger partial charge on any atom is 0.329 e. The minimum atomic E-state index is -0.954. The van der Waals surface area contributed by atoms with Crippen molar-refractivity contribution < 1.29 is 18.7 Å². The lowest BCUT2D eigenvalue weighted by Crippen LogP contribution is -2.32. The van der Waals surface area contributed by atoms with Gasteiger partial charge in [0.05, 0.1) is 11.2 Å². The maximum atomic E-state index is 14.0. The van der Waals surface area contributed by atoms with Crippen LogP contribution in [0.1, 0.15) is 16.7 Å². The van der Waals surface area contributed by atoms with Crippen LogP contribution in [0.3, 0.4) is 0 Å². The van der Waals surface area contributed by atoms with Crippen LogP contribution in [-0.2, 0) is 16.2 Å². The van der Waals surface area contributed by atoms with Crippen molar-refractivity contribution in [1.82, 2.24) is 5.43 Å². The Hall–Kier alpha value is -3.42. The molecule has 0 spiro atoms. The van der Waals surface area contributed by atoms with Crippen molar-refractivity contribution in [2.45, 2.75) is 13.5 Å². The third-order valence-corrected chi connectivity index (χ3v) is 4.88. The van der Waals surface area contributed by atoms with Gasteiger partial charge in [-0.2, -0.15) is 5.10 Å². The molecule has 2 N–H and O–H groups in total. The standard InChI is InChI=1S/C23H18Cl2FN3O3/c1-14-5-8-17(9-6-14)28-22(30)23(31)29-27-12-15-11-16(24)7-10-21(15)32-13-18-19(25)3-2-4-20(18)26/h2-12H,13H2,1H3,(H,28,30)(H,29,31)/b27-12-. The molecule has 0 saturated carbocycles. The average molecular weight is 474 g/mol. The van der Waals surface area contributed by atoms with Gasteiger partial charge in [0, 0.05) is 21.8 Å². The number of halogens is 3. The Morgan fingerprint density at radius 2 is 1.81 bits per heavy atom. The van der Waals surface area contributed by atoms with Crippen molar-refractivity contribution >= 4 is 46.9 Å². The summed E-state index contributed by atoms with van der Waals surface area (Å²) in [6, 6.07) is 16.0. The number of anilines is 1. The van der Waals surface area contributed by atoms with Crippen molar-refractivity contribution in [3.63, 3.8) is 0 Å². The second-order valence-corrected chi connectivity index (χ2v) is 7.53. The van der Waals surface area contributed by atoms with Gasteiger partial charge in [0.1, 0.15) is 18.2 Å². The van der Waals surface area contributed by atoms with Crippen LogP contribution in [0.15, 0.2) is 65.8 Å². The lowest BCUT2D eigenvalue weighted by atomic mass is 10.2. The van der Waals surface area contributed by atoms with Crippen LogP contribution in [0, 0.1) is 12.7 Å². The first kappa shape index (κ1) is 23.2. The highest BCUT2D eigenvalue weighted by molar-refractivity contribution is 6.39. The van der Waals surface area contributed by atoms with Gasteiger partial charge < -0.3 is 10.1 Å². The Labute approximate surface area is 194 Å². The van der Waals surface area contributed by atoms with Gasteiger partial charge in [-0.15, -0.1) is 0 Å². The van der Waals surface area contributed by atoms with E-state index < -0.39 is 17.6 Å². The third kappa shape index (κ3) is 6.29. The number of rotatable bonds is 6. The minimum absolute atomic E-state index is 0.126. The molecule has 3 rings (SSSR count). The molecule has 164 valence electrons. The largest absolute Gasteiger partial charge is 0.488 e. The molecule has 6 nitrogen and oxygen atoms in total. The van der Waals surface area contributed by atoms with E-state index in [1.807, 2.05) is 6.92 Å². The molecule has 0 atom stereocenters. The van der Waals surface area contributed by atoms with Crippen LogP contribution < -0.4 is 15.5 Å². The molecule has 0 fully saturated rings. The summed E-state index contributed by atoms with van der Waals surface area (Å²) in [7, 11) is 0. The third-order valence-electron chi connectivity index (χ3n) is 4.29. The second kappa shape index (κ2) is 10.7. The molecule has 0 saturated heterocycles. The Morgan fingerprint density at radius 3 is 2.53 bits per heavy atom. The molecule has 0 radical (unpaired) electrons. The molecule has 0 bridgehead atoms. The fraction of sp³-hybridized carbons (Fsp3) is 0.0870. The van der Waals surface area contributed by atoms with Gasteiger partial charge >= 0.3 is 11.8 Å². The first-order valence-electron chi connectivity index (χ1n) is 9.40. The van der Waals surface area contributed by atoms with Crippen LogP contribution in [0.2, 0.25) is 10.0 Å². The Bertz CT molecular complexity index is 1150. The SMILES string of the molecule is Cc1ccc(NC(=O)C(=O)N/N=C\c2cc(Cl)ccc2OCc2c(F)cccc2Cl)cc1. The number of aryl methyl sites for hydroxylation is 1. The van der Waals surface area contributed by atoms with Gasteiger partial charge in [0.2, 0.25) is 0 Å². The number of nitrogens with zero attached hydrogens (tertiary/aromatic N) is 1. The normalized spacial score (nSPS) is 10.8. The quantitative estimate of drug-likeness (QED) is 0.296. The van der Waals surface area contributed by atoms with Crippen LogP contribution in [-0.4, -0.2) is 18.0 Å². The highest BCUT2D eigenvalue weighted by atomic mass is 35.5. The Balaban J connectivity index is 1.64. The number of ether oxygens (including phenoxy) is 1. The summed E-state index contributed by atoms with van der Waals surface area (Å²) in [5.74, 6) is -1.99. The summed E-state index contributed by atoms with van der Waals surface area (Å²) in [6.45, 7) is 1.78. The molecule has 0 aliphatic rings. The summed E-state index contributed by atoms with van der Waals surface area (Å²) in [6.07, 6.45) is 1.27. The summed E-state index contributed by atoms with van der Waals surface area (Å²) < 4.78 is 19.6. The molecule has 9 heteroatoms. The zero-order chi connectivity index (χ0) is 23.1. The molecular weight excluding hydrogens is 456 g/mol. The minimum Gasteiger partial charge on any atom is -0.488 e. The molecule has 3 aromatic rings. The number of carbonyl (C=O) groups is 2. The van der Waals surface area contributed by atoms with Crippen LogP contribution in [0.5, 0.6) is 5.75 Å². The Morgan fingerprint density at radius 1 is 1.06 bits per heavy atom. The number of hydrazone groups is 1. The van der Waals surface area contributed by atoms with E-state index in [0.717, 1.165) is 5.56 Å². The number of hydrogen-bond acceptors (Lipinski definition) is 4. The molecule has 0 aliphatic carbocycles. The van der Waals surface area contributed by atoms with Gasteiger partial charge in [-0.05, 0) is 49.4 Å². The first-order valence-corrected chi connectivity index (χ1v) is 10.2. The average Bonchev–Trinajstić information content (AvgIpc) is 2.76. The molecule has 2 amide bonds. The van der Waals surface area contributed by atoms with E-state index in [2.05, 4.69) is 15.8 Å². The molecular formula is C23H18Cl2FN3O3. The van der Waals surface area contributed by atoms with E-state index in [-0.39, 0.29) is 17.2 Å². The van der Waals surface area contributed by atoms with Gasteiger partial charge in [-0.1, -0.05) is 47.0 Å². The number of amides is 2. The molecule has 0 unspecified atom stereocenters. The molecule has 32 heavy (non-hydrogen) atoms. The van der Waals surface area contributed by atoms with Crippen molar-refractivity contribution in [3.8, 4) is 5.75 Å². The van der Waals surface area contributed by atoms with E-state index in [1.54, 1.807) is 48.5 Å². The van der Waals surface area contributed by atoms with Gasteiger partial charge in [0.25, 0.3) is 0 Å². The van der Waals surface area contributed by atoms with Crippen molar-refractivity contribution in [1.29, 1.82) is 0 Å². The van der Waals surface area contributed by atoms with Crippen molar-refractivity contribution in [3.05, 3.63) is 93.2 Å². The van der Waals surface area contributed by atoms with Crippen LogP contribution in [0.4, 0.5) is 10.1 Å². The number of carbonyl (C=O) groups excluding carboxylic acids is 2. The summed E-state index contributed by atoms with van der Waals surface area (Å²) in [5, 5.41) is 6.89. The zero-order valence-corrected chi connectivity index (χ0v) is 18.4. The highest BCUT2D eigenvalue weighted by Gasteiger charge is 2.13. The number of hydrogen-bond donors (Lipinski definition) is 2. The van der Waals surface area contributed by atoms with E-state index in [9.17, 15) is 14.0 Å². The van der Waals surface area contributed by atoms with E-state index in [1.165, 1.54) is 18.3 Å². The monoisotopic (exact) mass is 473 g/mol. The smallest absolute Gasteiger partial charge is 0.329 e. The second-order valence-electron chi connectivity index (χ2n) is 6.69. The van der Waals surface area contributed by atoms with E-state index >= 15 is 0 Å². The first-order chi connectivity index (χ1) is 15.3. The number of nitrogens with one attached hydrogen (secondary N) is 2. The molecule has 0 aromatic heterocycles. The van der Waals surface area contributed by atoms with Gasteiger partial charge in [-0.25, -0.2) is 9.82 Å². The fourth-order valence-electron chi connectivity index (χ4n) is 2.61. The number of benzene rings is 3. The predicted octanol–water partition coefficient (Wildman–Crippen LogP) is 5.11. The van der Waals surface area contributed by atoms with Crippen LogP contribution in [0.25, 0.3) is 0 Å². The predicted molar refractivity (Wildman–Crippen MR) is 123 cm³/mol. The van der Waals surface area contributed by atoms with Gasteiger partial charge in [0.15, 0.2) is 0 Å². The molecule has 0 aliphatic heterocycles. The lowest BCUT2D eigenvalue weighted by molar-refractivity contribution is -0.136. The summed E-state index contributed by atoms with van der Waals surface area (Å²) >= 11 is 12.0. The van der Waals surface area contributed by atoms with E-state index in [0.29, 0.717) is 22.0 Å². The van der Waals surface area contributed by atoms with E-state index in [4.69, 9.17) is 27.9 Å². The fourth-order valence-corrected chi connectivity index (χ4v) is 3.01. The van der Waals surface area contributed by atoms with Crippen molar-refractivity contribution in [2.75, 3.05) is 5.32 Å². The highest BCUT2D eigenvalue weighted by Crippen LogP contribution is 2.25. The topological polar surface area (TPSA) is 79.8 Å². The van der Waals surface area contributed by atoms with Crippen molar-refractivity contribution in [2.24, 2.45) is 5.10 Å². The summed E-state index contributed by atoms with van der Waals surface area (Å²) in [5.41, 5.74) is 4.25. The molecule has 0 heterocycles. The molecule has 3 aromatic carbocycles. The lowest BCUT2D eigenvalue weighted by Gasteiger charge is -2.11. The van der Waals surface area contributed by atoms with Gasteiger partial charge in [-0.3, -0.25) is 9.59 Å². The summed E-state index contributed by atoms with van der Waals surface area (Å²) in [4.78, 5) is 24.0. The van der Waals surface area contributed by atoms with Crippen LogP contribution >= 0.6 is 23.2 Å². The Kier molecular flexibility index (Phi) is 7.81. The zero-order valence-electron chi connectivity index (χ0n) is 16.9.